The molecule has 0 saturated heterocycles. The van der Waals surface area contributed by atoms with Gasteiger partial charge in [-0.05, 0) is 42.1 Å². The Hall–Kier alpha value is -2.67. The Morgan fingerprint density at radius 1 is 1.17 bits per heavy atom. The van der Waals surface area contributed by atoms with Gasteiger partial charge in [0.1, 0.15) is 5.82 Å². The number of nitrogens with zero attached hydrogens (tertiary/aromatic N) is 6. The van der Waals surface area contributed by atoms with E-state index in [0.717, 1.165) is 35.9 Å². The second kappa shape index (κ2) is 6.09. The predicted molar refractivity (Wildman–Crippen MR) is 96.3 cm³/mol. The highest BCUT2D eigenvalue weighted by Gasteiger charge is 2.12. The van der Waals surface area contributed by atoms with E-state index in [9.17, 15) is 0 Å². The second-order valence-corrected chi connectivity index (χ2v) is 6.48. The van der Waals surface area contributed by atoms with E-state index < -0.39 is 0 Å². The van der Waals surface area contributed by atoms with Gasteiger partial charge in [-0.1, -0.05) is 0 Å². The Bertz CT molecular complexity index is 953. The SMILES string of the molecule is CCn1ccc(CN(C)c2ccc3nnc(-c4ccsc4)n3n2)c1. The van der Waals surface area contributed by atoms with Crippen LogP contribution in [0, 0.1) is 0 Å². The molecule has 0 amide bonds. The largest absolute Gasteiger partial charge is 0.354 e. The fourth-order valence-corrected chi connectivity index (χ4v) is 3.32. The van der Waals surface area contributed by atoms with Crippen LogP contribution in [0.15, 0.2) is 47.4 Å². The maximum absolute atomic E-state index is 4.73. The normalized spacial score (nSPS) is 11.2. The number of aromatic nitrogens is 5. The topological polar surface area (TPSA) is 51.2 Å². The summed E-state index contributed by atoms with van der Waals surface area (Å²) in [6.45, 7) is 3.93. The summed E-state index contributed by atoms with van der Waals surface area (Å²) in [5, 5.41) is 17.3. The molecular weight excluding hydrogens is 320 g/mol. The molecule has 0 unspecified atom stereocenters. The van der Waals surface area contributed by atoms with Crippen LogP contribution in [0.1, 0.15) is 12.5 Å². The highest BCUT2D eigenvalue weighted by atomic mass is 32.1. The first-order valence-electron chi connectivity index (χ1n) is 7.85. The fraction of sp³-hybridized carbons (Fsp3) is 0.235. The van der Waals surface area contributed by atoms with Gasteiger partial charge >= 0.3 is 0 Å². The van der Waals surface area contributed by atoms with Crippen molar-refractivity contribution in [3.05, 3.63) is 53.0 Å². The van der Waals surface area contributed by atoms with E-state index in [4.69, 9.17) is 5.10 Å². The Morgan fingerprint density at radius 3 is 2.83 bits per heavy atom. The van der Waals surface area contributed by atoms with Gasteiger partial charge in [0.25, 0.3) is 0 Å². The summed E-state index contributed by atoms with van der Waals surface area (Å²) in [5.74, 6) is 1.67. The van der Waals surface area contributed by atoms with Crippen molar-refractivity contribution in [2.75, 3.05) is 11.9 Å². The molecule has 0 spiro atoms. The van der Waals surface area contributed by atoms with E-state index in [1.54, 1.807) is 11.3 Å². The Labute approximate surface area is 144 Å². The molecule has 0 fully saturated rings. The summed E-state index contributed by atoms with van der Waals surface area (Å²) in [5.41, 5.74) is 3.06. The summed E-state index contributed by atoms with van der Waals surface area (Å²) in [7, 11) is 2.05. The lowest BCUT2D eigenvalue weighted by Gasteiger charge is -2.17. The van der Waals surface area contributed by atoms with Crippen LogP contribution in [0.5, 0.6) is 0 Å². The zero-order chi connectivity index (χ0) is 16.5. The third kappa shape index (κ3) is 2.67. The Kier molecular flexibility index (Phi) is 3.78. The summed E-state index contributed by atoms with van der Waals surface area (Å²) >= 11 is 1.64. The van der Waals surface area contributed by atoms with Crippen molar-refractivity contribution in [3.63, 3.8) is 0 Å². The van der Waals surface area contributed by atoms with Crippen LogP contribution in [0.4, 0.5) is 5.82 Å². The smallest absolute Gasteiger partial charge is 0.186 e. The van der Waals surface area contributed by atoms with Gasteiger partial charge in [0.05, 0.1) is 0 Å². The molecule has 6 nitrogen and oxygen atoms in total. The van der Waals surface area contributed by atoms with Gasteiger partial charge in [0.2, 0.25) is 0 Å². The Balaban J connectivity index is 1.65. The average Bonchev–Trinajstić information content (AvgIpc) is 3.33. The van der Waals surface area contributed by atoms with Crippen LogP contribution in [-0.2, 0) is 13.1 Å². The molecule has 0 aliphatic heterocycles. The molecule has 4 aromatic heterocycles. The molecule has 0 bridgehead atoms. The maximum Gasteiger partial charge on any atom is 0.186 e. The van der Waals surface area contributed by atoms with Gasteiger partial charge in [-0.25, -0.2) is 0 Å². The first kappa shape index (κ1) is 14.9. The molecule has 24 heavy (non-hydrogen) atoms. The van der Waals surface area contributed by atoms with Crippen LogP contribution in [0.2, 0.25) is 0 Å². The molecule has 0 radical (unpaired) electrons. The van der Waals surface area contributed by atoms with E-state index in [1.165, 1.54) is 5.56 Å². The zero-order valence-corrected chi connectivity index (χ0v) is 14.4. The molecule has 0 atom stereocenters. The molecule has 0 N–H and O–H groups in total. The average molecular weight is 338 g/mol. The van der Waals surface area contributed by atoms with Crippen molar-refractivity contribution < 1.29 is 0 Å². The lowest BCUT2D eigenvalue weighted by Crippen LogP contribution is -2.18. The van der Waals surface area contributed by atoms with Gasteiger partial charge in [-0.3, -0.25) is 0 Å². The lowest BCUT2D eigenvalue weighted by atomic mass is 10.3. The molecule has 0 aliphatic carbocycles. The van der Waals surface area contributed by atoms with Crippen LogP contribution in [0.3, 0.4) is 0 Å². The predicted octanol–water partition coefficient (Wildman–Crippen LogP) is 3.31. The standard InChI is InChI=1S/C17H18N6S/c1-3-22-8-6-13(11-22)10-21(2)16-5-4-15-18-19-17(23(15)20-16)14-7-9-24-12-14/h4-9,11-12H,3,10H2,1-2H3. The molecular formula is C17H18N6S. The summed E-state index contributed by atoms with van der Waals surface area (Å²) in [6, 6.07) is 8.12. The maximum atomic E-state index is 4.73. The van der Waals surface area contributed by atoms with Crippen molar-refractivity contribution in [1.29, 1.82) is 0 Å². The van der Waals surface area contributed by atoms with Crippen LogP contribution in [-0.4, -0.2) is 31.4 Å². The molecule has 4 rings (SSSR count). The Morgan fingerprint density at radius 2 is 2.08 bits per heavy atom. The molecule has 4 aromatic rings. The van der Waals surface area contributed by atoms with Crippen LogP contribution >= 0.6 is 11.3 Å². The van der Waals surface area contributed by atoms with Gasteiger partial charge in [0, 0.05) is 43.5 Å². The minimum Gasteiger partial charge on any atom is -0.354 e. The zero-order valence-electron chi connectivity index (χ0n) is 13.6. The minimum absolute atomic E-state index is 0.755. The molecule has 0 saturated carbocycles. The van der Waals surface area contributed by atoms with Crippen molar-refractivity contribution in [2.45, 2.75) is 20.0 Å². The van der Waals surface area contributed by atoms with Gasteiger partial charge in [-0.15, -0.1) is 15.3 Å². The van der Waals surface area contributed by atoms with E-state index >= 15 is 0 Å². The fourth-order valence-electron chi connectivity index (χ4n) is 2.69. The number of rotatable bonds is 5. The van der Waals surface area contributed by atoms with Gasteiger partial charge < -0.3 is 9.47 Å². The minimum atomic E-state index is 0.755. The third-order valence-corrected chi connectivity index (χ3v) is 4.70. The van der Waals surface area contributed by atoms with Crippen molar-refractivity contribution >= 4 is 22.8 Å². The third-order valence-electron chi connectivity index (χ3n) is 4.02. The monoisotopic (exact) mass is 338 g/mol. The molecule has 7 heteroatoms. The van der Waals surface area contributed by atoms with Crippen LogP contribution < -0.4 is 4.90 Å². The molecule has 122 valence electrons. The lowest BCUT2D eigenvalue weighted by molar-refractivity contribution is 0.762. The highest BCUT2D eigenvalue weighted by molar-refractivity contribution is 7.08. The first-order chi connectivity index (χ1) is 11.7. The van der Waals surface area contributed by atoms with E-state index in [-0.39, 0.29) is 0 Å². The second-order valence-electron chi connectivity index (χ2n) is 5.70. The number of thiophene rings is 1. The van der Waals surface area contributed by atoms with Gasteiger partial charge in [-0.2, -0.15) is 15.9 Å². The summed E-state index contributed by atoms with van der Waals surface area (Å²) in [6.07, 6.45) is 4.28. The number of anilines is 1. The van der Waals surface area contributed by atoms with Crippen LogP contribution in [0.25, 0.3) is 17.0 Å². The van der Waals surface area contributed by atoms with Crippen molar-refractivity contribution in [3.8, 4) is 11.4 Å². The number of fused-ring (bicyclic) bond motifs is 1. The number of aryl methyl sites for hydroxylation is 1. The summed E-state index contributed by atoms with van der Waals surface area (Å²) in [4.78, 5) is 2.13. The van der Waals surface area contributed by atoms with Crippen molar-refractivity contribution in [1.82, 2.24) is 24.4 Å². The highest BCUT2D eigenvalue weighted by Crippen LogP contribution is 2.22. The molecule has 0 aliphatic rings. The van der Waals surface area contributed by atoms with Gasteiger partial charge in [0.15, 0.2) is 11.5 Å². The molecule has 0 aromatic carbocycles. The molecule has 4 heterocycles. The van der Waals surface area contributed by atoms with E-state index in [0.29, 0.717) is 0 Å². The number of hydrogen-bond donors (Lipinski definition) is 0. The quantitative estimate of drug-likeness (QED) is 0.560. The van der Waals surface area contributed by atoms with Crippen molar-refractivity contribution in [2.24, 2.45) is 0 Å². The number of hydrogen-bond acceptors (Lipinski definition) is 5. The summed E-state index contributed by atoms with van der Waals surface area (Å²) < 4.78 is 3.99. The first-order valence-corrected chi connectivity index (χ1v) is 8.79. The van der Waals surface area contributed by atoms with E-state index in [2.05, 4.69) is 50.4 Å². The van der Waals surface area contributed by atoms with E-state index in [1.807, 2.05) is 35.1 Å².